The SMILES string of the molecule is CN=C(NCCCN1CCCC(C)C1)NCCc1ccc2c(c1)OCO2. The van der Waals surface area contributed by atoms with Crippen LogP contribution in [0, 0.1) is 5.92 Å². The summed E-state index contributed by atoms with van der Waals surface area (Å²) in [6.07, 6.45) is 4.80. The third kappa shape index (κ3) is 5.53. The summed E-state index contributed by atoms with van der Waals surface area (Å²) in [6, 6.07) is 6.12. The normalized spacial score (nSPS) is 20.2. The third-order valence-electron chi connectivity index (χ3n) is 5.05. The number of guanidine groups is 1. The van der Waals surface area contributed by atoms with Crippen molar-refractivity contribution in [3.05, 3.63) is 23.8 Å². The summed E-state index contributed by atoms with van der Waals surface area (Å²) in [5, 5.41) is 6.80. The zero-order valence-corrected chi connectivity index (χ0v) is 16.1. The average Bonchev–Trinajstić information content (AvgIpc) is 3.11. The van der Waals surface area contributed by atoms with Crippen molar-refractivity contribution in [3.8, 4) is 11.5 Å². The number of hydrogen-bond donors (Lipinski definition) is 2. The van der Waals surface area contributed by atoms with Crippen LogP contribution in [0.15, 0.2) is 23.2 Å². The minimum absolute atomic E-state index is 0.323. The number of benzene rings is 1. The van der Waals surface area contributed by atoms with Crippen molar-refractivity contribution >= 4 is 5.96 Å². The van der Waals surface area contributed by atoms with Gasteiger partial charge < -0.3 is 25.0 Å². The van der Waals surface area contributed by atoms with Crippen molar-refractivity contribution in [2.24, 2.45) is 10.9 Å². The second kappa shape index (κ2) is 9.67. The van der Waals surface area contributed by atoms with Crippen LogP contribution in [0.4, 0.5) is 0 Å². The Bertz CT molecular complexity index is 605. The van der Waals surface area contributed by atoms with Crippen molar-refractivity contribution in [2.75, 3.05) is 46.6 Å². The van der Waals surface area contributed by atoms with Gasteiger partial charge in [0.05, 0.1) is 0 Å². The van der Waals surface area contributed by atoms with Crippen LogP contribution in [-0.4, -0.2) is 57.4 Å². The number of piperidine rings is 1. The summed E-state index contributed by atoms with van der Waals surface area (Å²) in [4.78, 5) is 6.90. The lowest BCUT2D eigenvalue weighted by Crippen LogP contribution is -2.40. The predicted molar refractivity (Wildman–Crippen MR) is 105 cm³/mol. The first kappa shape index (κ1) is 18.8. The third-order valence-corrected chi connectivity index (χ3v) is 5.05. The molecule has 6 nitrogen and oxygen atoms in total. The second-order valence-corrected chi connectivity index (χ2v) is 7.26. The van der Waals surface area contributed by atoms with Gasteiger partial charge in [-0.15, -0.1) is 0 Å². The summed E-state index contributed by atoms with van der Waals surface area (Å²) in [5.74, 6) is 3.40. The summed E-state index contributed by atoms with van der Waals surface area (Å²) < 4.78 is 10.8. The van der Waals surface area contributed by atoms with Gasteiger partial charge in [0.1, 0.15) is 0 Å². The summed E-state index contributed by atoms with van der Waals surface area (Å²) in [6.45, 7) is 8.15. The molecule has 1 aromatic carbocycles. The topological polar surface area (TPSA) is 58.1 Å². The van der Waals surface area contributed by atoms with Crippen molar-refractivity contribution in [1.29, 1.82) is 0 Å². The van der Waals surface area contributed by atoms with Gasteiger partial charge in [-0.2, -0.15) is 0 Å². The fraction of sp³-hybridized carbons (Fsp3) is 0.650. The number of nitrogens with zero attached hydrogens (tertiary/aromatic N) is 2. The highest BCUT2D eigenvalue weighted by Crippen LogP contribution is 2.32. The van der Waals surface area contributed by atoms with Crippen LogP contribution >= 0.6 is 0 Å². The van der Waals surface area contributed by atoms with Gasteiger partial charge in [-0.25, -0.2) is 0 Å². The summed E-state index contributed by atoms with van der Waals surface area (Å²) in [7, 11) is 1.82. The molecule has 0 spiro atoms. The Morgan fingerprint density at radius 2 is 2.08 bits per heavy atom. The molecule has 0 amide bonds. The molecule has 0 aromatic heterocycles. The first-order chi connectivity index (χ1) is 12.7. The van der Waals surface area contributed by atoms with Crippen LogP contribution < -0.4 is 20.1 Å². The number of rotatable bonds is 7. The van der Waals surface area contributed by atoms with E-state index in [2.05, 4.69) is 39.6 Å². The largest absolute Gasteiger partial charge is 0.454 e. The molecule has 144 valence electrons. The molecule has 3 rings (SSSR count). The van der Waals surface area contributed by atoms with Gasteiger partial charge in [-0.1, -0.05) is 13.0 Å². The lowest BCUT2D eigenvalue weighted by molar-refractivity contribution is 0.174. The zero-order valence-electron chi connectivity index (χ0n) is 16.1. The van der Waals surface area contributed by atoms with Gasteiger partial charge in [-0.05, 0) is 62.4 Å². The summed E-state index contributed by atoms with van der Waals surface area (Å²) >= 11 is 0. The maximum atomic E-state index is 5.43. The van der Waals surface area contributed by atoms with E-state index in [4.69, 9.17) is 9.47 Å². The molecule has 0 radical (unpaired) electrons. The second-order valence-electron chi connectivity index (χ2n) is 7.26. The monoisotopic (exact) mass is 360 g/mol. The van der Waals surface area contributed by atoms with E-state index < -0.39 is 0 Å². The van der Waals surface area contributed by atoms with Crippen LogP contribution in [-0.2, 0) is 6.42 Å². The molecule has 0 saturated carbocycles. The minimum atomic E-state index is 0.323. The van der Waals surface area contributed by atoms with Gasteiger partial charge in [0, 0.05) is 26.7 Å². The fourth-order valence-corrected chi connectivity index (χ4v) is 3.64. The van der Waals surface area contributed by atoms with Crippen LogP contribution in [0.1, 0.15) is 31.7 Å². The molecule has 2 aliphatic rings. The van der Waals surface area contributed by atoms with Gasteiger partial charge in [0.15, 0.2) is 17.5 Å². The summed E-state index contributed by atoms with van der Waals surface area (Å²) in [5.41, 5.74) is 1.23. The number of aliphatic imine (C=N–C) groups is 1. The fourth-order valence-electron chi connectivity index (χ4n) is 3.64. The quantitative estimate of drug-likeness (QED) is 0.444. The predicted octanol–water partition coefficient (Wildman–Crippen LogP) is 2.24. The number of likely N-dealkylation sites (tertiary alicyclic amines) is 1. The van der Waals surface area contributed by atoms with E-state index in [1.54, 1.807) is 0 Å². The number of ether oxygens (including phenoxy) is 2. The first-order valence-corrected chi connectivity index (χ1v) is 9.80. The molecule has 2 N–H and O–H groups in total. The molecule has 1 aromatic rings. The van der Waals surface area contributed by atoms with Crippen LogP contribution in [0.5, 0.6) is 11.5 Å². The standard InChI is InChI=1S/C20H32N4O2/c1-16-5-3-11-24(14-16)12-4-9-22-20(21-2)23-10-8-17-6-7-18-19(13-17)26-15-25-18/h6-7,13,16H,3-5,8-12,14-15H2,1-2H3,(H2,21,22,23). The van der Waals surface area contributed by atoms with Gasteiger partial charge >= 0.3 is 0 Å². The highest BCUT2D eigenvalue weighted by Gasteiger charge is 2.15. The molecular formula is C20H32N4O2. The molecule has 0 aliphatic carbocycles. The lowest BCUT2D eigenvalue weighted by atomic mass is 10.0. The van der Waals surface area contributed by atoms with E-state index in [0.29, 0.717) is 6.79 Å². The Kier molecular flexibility index (Phi) is 7.00. The molecule has 2 aliphatic heterocycles. The molecule has 26 heavy (non-hydrogen) atoms. The van der Waals surface area contributed by atoms with E-state index >= 15 is 0 Å². The van der Waals surface area contributed by atoms with Crippen LogP contribution in [0.2, 0.25) is 0 Å². The molecule has 0 bridgehead atoms. The Labute approximate surface area is 157 Å². The molecule has 1 atom stereocenters. The van der Waals surface area contributed by atoms with Gasteiger partial charge in [-0.3, -0.25) is 4.99 Å². The maximum Gasteiger partial charge on any atom is 0.231 e. The molecular weight excluding hydrogens is 328 g/mol. The van der Waals surface area contributed by atoms with E-state index in [1.165, 1.54) is 38.0 Å². The molecule has 2 heterocycles. The average molecular weight is 361 g/mol. The first-order valence-electron chi connectivity index (χ1n) is 9.80. The number of nitrogens with one attached hydrogen (secondary N) is 2. The minimum Gasteiger partial charge on any atom is -0.454 e. The Balaban J connectivity index is 1.31. The molecule has 1 saturated heterocycles. The van der Waals surface area contributed by atoms with Crippen LogP contribution in [0.3, 0.4) is 0 Å². The molecule has 6 heteroatoms. The number of fused-ring (bicyclic) bond motifs is 1. The van der Waals surface area contributed by atoms with E-state index in [-0.39, 0.29) is 0 Å². The van der Waals surface area contributed by atoms with E-state index in [9.17, 15) is 0 Å². The Hall–Kier alpha value is -1.95. The van der Waals surface area contributed by atoms with Crippen molar-refractivity contribution in [2.45, 2.75) is 32.6 Å². The van der Waals surface area contributed by atoms with E-state index in [0.717, 1.165) is 49.3 Å². The lowest BCUT2D eigenvalue weighted by Gasteiger charge is -2.30. The Morgan fingerprint density at radius 3 is 2.92 bits per heavy atom. The van der Waals surface area contributed by atoms with Gasteiger partial charge in [0.2, 0.25) is 6.79 Å². The number of hydrogen-bond acceptors (Lipinski definition) is 4. The highest BCUT2D eigenvalue weighted by molar-refractivity contribution is 5.79. The smallest absolute Gasteiger partial charge is 0.231 e. The maximum absolute atomic E-state index is 5.43. The van der Waals surface area contributed by atoms with Crippen molar-refractivity contribution < 1.29 is 9.47 Å². The highest BCUT2D eigenvalue weighted by atomic mass is 16.7. The van der Waals surface area contributed by atoms with Gasteiger partial charge in [0.25, 0.3) is 0 Å². The Morgan fingerprint density at radius 1 is 1.23 bits per heavy atom. The zero-order chi connectivity index (χ0) is 18.2. The van der Waals surface area contributed by atoms with E-state index in [1.807, 2.05) is 13.1 Å². The molecule has 1 fully saturated rings. The van der Waals surface area contributed by atoms with Crippen LogP contribution in [0.25, 0.3) is 0 Å². The van der Waals surface area contributed by atoms with Crippen molar-refractivity contribution in [3.63, 3.8) is 0 Å². The van der Waals surface area contributed by atoms with Crippen molar-refractivity contribution in [1.82, 2.24) is 15.5 Å². The molecule has 1 unspecified atom stereocenters.